The summed E-state index contributed by atoms with van der Waals surface area (Å²) in [4.78, 5) is 33.8. The molecule has 2 rings (SSSR count). The lowest BCUT2D eigenvalue weighted by Crippen LogP contribution is -2.16. The topological polar surface area (TPSA) is 63.6 Å². The van der Waals surface area contributed by atoms with Gasteiger partial charge in [0.05, 0.1) is 6.04 Å². The normalized spacial score (nSPS) is 11.7. The molecular weight excluding hydrogens is 402 g/mol. The van der Waals surface area contributed by atoms with Gasteiger partial charge in [-0.1, -0.05) is 61.5 Å². The van der Waals surface area contributed by atoms with Crippen LogP contribution in [0.25, 0.3) is 0 Å². The van der Waals surface area contributed by atoms with Gasteiger partial charge in [0.1, 0.15) is 0 Å². The maximum Gasteiger partial charge on any atom is 0.160 e. The third-order valence-corrected chi connectivity index (χ3v) is 5.45. The van der Waals surface area contributed by atoms with E-state index in [9.17, 15) is 14.5 Å². The summed E-state index contributed by atoms with van der Waals surface area (Å²) >= 11 is 5.32. The van der Waals surface area contributed by atoms with E-state index in [4.69, 9.17) is 0 Å². The summed E-state index contributed by atoms with van der Waals surface area (Å²) in [5, 5.41) is 3.16. The van der Waals surface area contributed by atoms with Gasteiger partial charge < -0.3 is 0 Å². The van der Waals surface area contributed by atoms with E-state index in [0.29, 0.717) is 17.0 Å². The quantitative estimate of drug-likeness (QED) is 0.220. The van der Waals surface area contributed by atoms with Crippen molar-refractivity contribution in [2.45, 2.75) is 45.1 Å². The van der Waals surface area contributed by atoms with Gasteiger partial charge in [-0.15, -0.1) is 11.8 Å². The van der Waals surface area contributed by atoms with Gasteiger partial charge in [0.25, 0.3) is 0 Å². The minimum atomic E-state index is -0.0687. The van der Waals surface area contributed by atoms with Crippen molar-refractivity contribution < 1.29 is 9.59 Å². The molecule has 0 saturated heterocycles. The Hall–Kier alpha value is -1.92. The molecule has 0 aliphatic carbocycles. The van der Waals surface area contributed by atoms with E-state index in [0.717, 1.165) is 12.2 Å². The molecule has 0 bridgehead atoms. The summed E-state index contributed by atoms with van der Waals surface area (Å²) in [6.07, 6.45) is 2.53. The van der Waals surface area contributed by atoms with Gasteiger partial charge in [0, 0.05) is 21.8 Å². The average Bonchev–Trinajstić information content (AvgIpc) is 2.75. The predicted octanol–water partition coefficient (Wildman–Crippen LogP) is 6.60. The molecule has 0 heterocycles. The van der Waals surface area contributed by atoms with Crippen LogP contribution in [0.2, 0.25) is 0 Å². The highest BCUT2D eigenvalue weighted by atomic mass is 32.2. The molecule has 0 radical (unpaired) electrons. The van der Waals surface area contributed by atoms with Crippen LogP contribution in [0.3, 0.4) is 0 Å². The van der Waals surface area contributed by atoms with Crippen LogP contribution in [-0.2, 0) is 0 Å². The van der Waals surface area contributed by atoms with Crippen molar-refractivity contribution >= 4 is 36.0 Å². The van der Waals surface area contributed by atoms with Crippen LogP contribution in [0.15, 0.2) is 64.7 Å². The first-order valence-corrected chi connectivity index (χ1v) is 11.3. The van der Waals surface area contributed by atoms with E-state index >= 15 is 0 Å². The molecule has 0 spiro atoms. The van der Waals surface area contributed by atoms with Crippen molar-refractivity contribution in [3.05, 3.63) is 70.6 Å². The van der Waals surface area contributed by atoms with Crippen LogP contribution in [0.5, 0.6) is 0 Å². The number of hydrogen-bond acceptors (Lipinski definition) is 6. The number of carbonyl (C=O) groups is 2. The number of ketones is 2. The fourth-order valence-corrected chi connectivity index (χ4v) is 3.56. The van der Waals surface area contributed by atoms with Gasteiger partial charge in [0.2, 0.25) is 0 Å². The molecule has 0 aliphatic heterocycles. The zero-order valence-corrected chi connectivity index (χ0v) is 19.5. The van der Waals surface area contributed by atoms with Crippen LogP contribution in [0.1, 0.15) is 54.8 Å². The molecule has 0 fully saturated rings. The van der Waals surface area contributed by atoms with E-state index in [1.807, 2.05) is 25.1 Å². The van der Waals surface area contributed by atoms with Crippen LogP contribution >= 0.6 is 24.4 Å². The maximum absolute atomic E-state index is 11.0. The summed E-state index contributed by atoms with van der Waals surface area (Å²) in [6.45, 7) is 7.02. The maximum atomic E-state index is 11.0. The third kappa shape index (κ3) is 10.4. The number of nitroso groups, excluding NO2 is 1. The van der Waals surface area contributed by atoms with Crippen molar-refractivity contribution in [3.63, 3.8) is 0 Å². The lowest BCUT2D eigenvalue weighted by atomic mass is 10.0. The first-order valence-electron chi connectivity index (χ1n) is 9.46. The minimum absolute atomic E-state index is 0.0405. The second kappa shape index (κ2) is 15.9. The van der Waals surface area contributed by atoms with Crippen molar-refractivity contribution in [2.24, 2.45) is 11.1 Å². The molecule has 1 unspecified atom stereocenters. The van der Waals surface area contributed by atoms with Crippen LogP contribution < -0.4 is 0 Å². The monoisotopic (exact) mass is 433 g/mol. The number of thioether (sulfide) groups is 1. The Bertz CT molecular complexity index is 718. The Balaban J connectivity index is 0.000000508. The molecule has 2 aromatic rings. The standard InChI is InChI=1S/C12H17NOS.C10H10O2.CH4S/c1-3-12(13-14)10(2)9-15-11-7-5-4-6-8-11;1-7(11)9-5-3-4-6-10(9)8(2)12;1-2/h4-8,10,12H,3,9H2,1-2H3;3-6H,1-2H3;2H,1H3/t10?,12-;;/m0../s1. The van der Waals surface area contributed by atoms with Crippen LogP contribution in [0, 0.1) is 10.8 Å². The molecule has 2 atom stereocenters. The molecule has 158 valence electrons. The number of carbonyl (C=O) groups excluding carboxylic acids is 2. The summed E-state index contributed by atoms with van der Waals surface area (Å²) in [5.41, 5.74) is 1.01. The molecule has 2 aromatic carbocycles. The summed E-state index contributed by atoms with van der Waals surface area (Å²) in [5.74, 6) is 1.16. The smallest absolute Gasteiger partial charge is 0.160 e. The Labute approximate surface area is 184 Å². The average molecular weight is 434 g/mol. The zero-order chi connectivity index (χ0) is 22.2. The second-order valence-electron chi connectivity index (χ2n) is 6.34. The lowest BCUT2D eigenvalue weighted by Gasteiger charge is -2.14. The zero-order valence-electron chi connectivity index (χ0n) is 17.8. The van der Waals surface area contributed by atoms with Crippen molar-refractivity contribution in [1.29, 1.82) is 0 Å². The molecule has 0 N–H and O–H groups in total. The molecule has 0 aromatic heterocycles. The molecule has 29 heavy (non-hydrogen) atoms. The van der Waals surface area contributed by atoms with Crippen molar-refractivity contribution in [1.82, 2.24) is 0 Å². The fourth-order valence-electron chi connectivity index (χ4n) is 2.53. The molecule has 4 nitrogen and oxygen atoms in total. The first kappa shape index (κ1) is 27.1. The summed E-state index contributed by atoms with van der Waals surface area (Å²) in [7, 11) is 0. The number of hydrogen-bond donors (Lipinski definition) is 1. The SMILES string of the molecule is CC(=O)c1ccccc1C(C)=O.CC[C@H](N=O)C(C)CSc1ccccc1.CS. The highest BCUT2D eigenvalue weighted by molar-refractivity contribution is 7.99. The van der Waals surface area contributed by atoms with Crippen LogP contribution in [-0.4, -0.2) is 29.6 Å². The van der Waals surface area contributed by atoms with Gasteiger partial charge in [-0.05, 0) is 44.6 Å². The van der Waals surface area contributed by atoms with Gasteiger partial charge in [0.15, 0.2) is 11.6 Å². The Morgan fingerprint density at radius 3 is 1.76 bits per heavy atom. The first-order chi connectivity index (χ1) is 13.9. The largest absolute Gasteiger partial charge is 0.294 e. The van der Waals surface area contributed by atoms with E-state index in [-0.39, 0.29) is 17.6 Å². The number of thiol groups is 1. The molecule has 0 amide bonds. The van der Waals surface area contributed by atoms with Crippen molar-refractivity contribution in [3.8, 4) is 0 Å². The van der Waals surface area contributed by atoms with Gasteiger partial charge in [-0.2, -0.15) is 17.5 Å². The minimum Gasteiger partial charge on any atom is -0.294 e. The Morgan fingerprint density at radius 1 is 0.931 bits per heavy atom. The van der Waals surface area contributed by atoms with Gasteiger partial charge in [-0.25, -0.2) is 0 Å². The molecule has 0 aliphatic rings. The van der Waals surface area contributed by atoms with E-state index < -0.39 is 0 Å². The van der Waals surface area contributed by atoms with Crippen molar-refractivity contribution in [2.75, 3.05) is 12.0 Å². The van der Waals surface area contributed by atoms with E-state index in [2.05, 4.69) is 36.9 Å². The number of Topliss-reactive ketones (excluding diaryl/α,β-unsaturated/α-hetero) is 2. The van der Waals surface area contributed by atoms with E-state index in [1.165, 1.54) is 18.7 Å². The van der Waals surface area contributed by atoms with Gasteiger partial charge in [-0.3, -0.25) is 9.59 Å². The highest BCUT2D eigenvalue weighted by Gasteiger charge is 2.15. The van der Waals surface area contributed by atoms with Crippen LogP contribution in [0.4, 0.5) is 0 Å². The number of rotatable bonds is 8. The fraction of sp³-hybridized carbons (Fsp3) is 0.391. The Morgan fingerprint density at radius 2 is 1.38 bits per heavy atom. The molecular formula is C23H31NO3S2. The summed E-state index contributed by atoms with van der Waals surface area (Å²) in [6, 6.07) is 17.0. The van der Waals surface area contributed by atoms with E-state index in [1.54, 1.807) is 42.3 Å². The highest BCUT2D eigenvalue weighted by Crippen LogP contribution is 2.23. The van der Waals surface area contributed by atoms with Gasteiger partial charge >= 0.3 is 0 Å². The number of benzene rings is 2. The third-order valence-electron chi connectivity index (χ3n) is 4.15. The predicted molar refractivity (Wildman–Crippen MR) is 128 cm³/mol. The molecule has 6 heteroatoms. The Kier molecular flexibility index (Phi) is 14.9. The lowest BCUT2D eigenvalue weighted by molar-refractivity contribution is 0.0981. The second-order valence-corrected chi connectivity index (χ2v) is 7.43. The number of nitrogens with zero attached hydrogens (tertiary/aromatic N) is 1. The summed E-state index contributed by atoms with van der Waals surface area (Å²) < 4.78 is 0. The molecule has 0 saturated carbocycles.